The molecule has 0 bridgehead atoms. The molecule has 0 atom stereocenters. The Hall–Kier alpha value is -1.33. The zero-order valence-electron chi connectivity index (χ0n) is 11.4. The van der Waals surface area contributed by atoms with Gasteiger partial charge in [0.25, 0.3) is 0 Å². The topological polar surface area (TPSA) is 57.4 Å². The number of nitrogen functional groups attached to an aromatic ring is 1. The zero-order valence-corrected chi connectivity index (χ0v) is 11.4. The van der Waals surface area contributed by atoms with E-state index in [0.29, 0.717) is 11.3 Å². The van der Waals surface area contributed by atoms with Crippen LogP contribution in [0.3, 0.4) is 0 Å². The molecule has 4 nitrogen and oxygen atoms in total. The number of rotatable bonds is 2. The summed E-state index contributed by atoms with van der Waals surface area (Å²) < 4.78 is 11.9. The van der Waals surface area contributed by atoms with Crippen LogP contribution in [-0.2, 0) is 9.31 Å². The number of nitrogens with two attached hydrogens (primary N) is 1. The van der Waals surface area contributed by atoms with E-state index in [1.54, 1.807) is 12.3 Å². The number of aromatic nitrogens is 1. The zero-order chi connectivity index (χ0) is 13.6. The molecule has 1 saturated heterocycles. The van der Waals surface area contributed by atoms with Gasteiger partial charge in [-0.05, 0) is 39.3 Å². The van der Waals surface area contributed by atoms with Gasteiger partial charge in [-0.2, -0.15) is 0 Å². The molecule has 2 rings (SSSR count). The minimum atomic E-state index is -0.533. The first kappa shape index (κ1) is 13.1. The normalized spacial score (nSPS) is 21.0. The third-order valence-electron chi connectivity index (χ3n) is 3.75. The molecule has 0 radical (unpaired) electrons. The van der Waals surface area contributed by atoms with Crippen molar-refractivity contribution < 1.29 is 9.31 Å². The Labute approximate surface area is 108 Å². The van der Waals surface area contributed by atoms with Crippen LogP contribution in [0, 0.1) is 0 Å². The molecule has 5 heteroatoms. The quantitative estimate of drug-likeness (QED) is 0.805. The highest BCUT2D eigenvalue weighted by molar-refractivity contribution is 6.63. The second-order valence-corrected chi connectivity index (χ2v) is 5.49. The first-order valence-electron chi connectivity index (χ1n) is 6.01. The Kier molecular flexibility index (Phi) is 2.99. The van der Waals surface area contributed by atoms with Crippen molar-refractivity contribution >= 4 is 24.5 Å². The van der Waals surface area contributed by atoms with Crippen molar-refractivity contribution in [2.24, 2.45) is 0 Å². The number of hydrogen-bond acceptors (Lipinski definition) is 4. The number of nitrogens with zero attached hydrogens (tertiary/aromatic N) is 1. The highest BCUT2D eigenvalue weighted by atomic mass is 16.7. The fourth-order valence-corrected chi connectivity index (χ4v) is 1.83. The first-order valence-corrected chi connectivity index (χ1v) is 6.01. The molecular formula is C13H19BN2O2. The summed E-state index contributed by atoms with van der Waals surface area (Å²) in [6, 6.07) is 1.82. The van der Waals surface area contributed by atoms with Crippen LogP contribution in [0.15, 0.2) is 18.8 Å². The molecule has 2 heterocycles. The SMILES string of the molecule is C=Cc1ccnc(B2OC(C)(C)C(C)(C)O2)c1N. The minimum Gasteiger partial charge on any atom is -0.398 e. The lowest BCUT2D eigenvalue weighted by Crippen LogP contribution is -2.41. The molecule has 1 aliphatic rings. The summed E-state index contributed by atoms with van der Waals surface area (Å²) in [5.41, 5.74) is 7.29. The molecule has 0 unspecified atom stereocenters. The van der Waals surface area contributed by atoms with Crippen LogP contribution >= 0.6 is 0 Å². The second-order valence-electron chi connectivity index (χ2n) is 5.49. The minimum absolute atomic E-state index is 0.393. The maximum atomic E-state index is 6.06. The fourth-order valence-electron chi connectivity index (χ4n) is 1.83. The summed E-state index contributed by atoms with van der Waals surface area (Å²) in [7, 11) is -0.533. The van der Waals surface area contributed by atoms with Gasteiger partial charge in [0, 0.05) is 6.20 Å². The van der Waals surface area contributed by atoms with E-state index in [2.05, 4.69) is 11.6 Å². The van der Waals surface area contributed by atoms with Gasteiger partial charge in [0.1, 0.15) is 0 Å². The van der Waals surface area contributed by atoms with Crippen LogP contribution in [0.5, 0.6) is 0 Å². The first-order chi connectivity index (χ1) is 8.28. The smallest absolute Gasteiger partial charge is 0.398 e. The molecule has 1 aliphatic heterocycles. The fraction of sp³-hybridized carbons (Fsp3) is 0.462. The summed E-state index contributed by atoms with van der Waals surface area (Å²) in [4.78, 5) is 4.28. The van der Waals surface area contributed by atoms with Crippen LogP contribution < -0.4 is 11.3 Å². The van der Waals surface area contributed by atoms with Crippen molar-refractivity contribution in [3.63, 3.8) is 0 Å². The highest BCUT2D eigenvalue weighted by Gasteiger charge is 2.52. The summed E-state index contributed by atoms with van der Waals surface area (Å²) in [5.74, 6) is 0. The Morgan fingerprint density at radius 2 is 1.83 bits per heavy atom. The van der Waals surface area contributed by atoms with Gasteiger partial charge >= 0.3 is 7.12 Å². The molecule has 0 aliphatic carbocycles. The molecule has 1 aromatic rings. The van der Waals surface area contributed by atoms with E-state index in [-0.39, 0.29) is 0 Å². The van der Waals surface area contributed by atoms with Crippen molar-refractivity contribution in [1.82, 2.24) is 4.98 Å². The number of pyridine rings is 1. The van der Waals surface area contributed by atoms with Gasteiger partial charge in [-0.25, -0.2) is 0 Å². The van der Waals surface area contributed by atoms with Crippen LogP contribution in [0.25, 0.3) is 6.08 Å². The van der Waals surface area contributed by atoms with Crippen molar-refractivity contribution in [1.29, 1.82) is 0 Å². The standard InChI is InChI=1S/C13H19BN2O2/c1-6-9-7-8-16-11(10(9)15)14-17-12(2,3)13(4,5)18-14/h6-8H,1,15H2,2-5H3. The molecule has 1 aromatic heterocycles. The highest BCUT2D eigenvalue weighted by Crippen LogP contribution is 2.36. The monoisotopic (exact) mass is 246 g/mol. The Bertz CT molecular complexity index is 470. The summed E-state index contributed by atoms with van der Waals surface area (Å²) in [6.45, 7) is 11.7. The predicted molar refractivity (Wildman–Crippen MR) is 74.5 cm³/mol. The van der Waals surface area contributed by atoms with Gasteiger partial charge < -0.3 is 15.0 Å². The van der Waals surface area contributed by atoms with Crippen LogP contribution in [0.4, 0.5) is 5.69 Å². The third kappa shape index (κ3) is 1.93. The molecule has 0 amide bonds. The molecular weight excluding hydrogens is 227 g/mol. The van der Waals surface area contributed by atoms with E-state index in [9.17, 15) is 0 Å². The molecule has 1 fully saturated rings. The maximum Gasteiger partial charge on any atom is 0.516 e. The third-order valence-corrected chi connectivity index (χ3v) is 3.75. The van der Waals surface area contributed by atoms with Gasteiger partial charge in [-0.15, -0.1) is 0 Å². The second kappa shape index (κ2) is 4.11. The van der Waals surface area contributed by atoms with Crippen molar-refractivity contribution in [2.45, 2.75) is 38.9 Å². The molecule has 2 N–H and O–H groups in total. The summed E-state index contributed by atoms with van der Waals surface area (Å²) in [6.07, 6.45) is 3.39. The van der Waals surface area contributed by atoms with Crippen LogP contribution in [0.2, 0.25) is 0 Å². The van der Waals surface area contributed by atoms with Crippen molar-refractivity contribution in [3.05, 3.63) is 24.4 Å². The average Bonchev–Trinajstić information content (AvgIpc) is 2.48. The Balaban J connectivity index is 2.38. The van der Waals surface area contributed by atoms with E-state index in [1.165, 1.54) is 0 Å². The lowest BCUT2D eigenvalue weighted by atomic mass is 9.82. The predicted octanol–water partition coefficient (Wildman–Crippen LogP) is 1.61. The lowest BCUT2D eigenvalue weighted by molar-refractivity contribution is 0.00578. The molecule has 0 aromatic carbocycles. The molecule has 0 saturated carbocycles. The van der Waals surface area contributed by atoms with Gasteiger partial charge in [-0.3, -0.25) is 4.98 Å². The molecule has 96 valence electrons. The molecule has 0 spiro atoms. The van der Waals surface area contributed by atoms with E-state index in [0.717, 1.165) is 5.56 Å². The molecule has 18 heavy (non-hydrogen) atoms. The lowest BCUT2D eigenvalue weighted by Gasteiger charge is -2.32. The average molecular weight is 246 g/mol. The van der Waals surface area contributed by atoms with E-state index in [1.807, 2.05) is 33.8 Å². The van der Waals surface area contributed by atoms with Crippen molar-refractivity contribution in [3.8, 4) is 0 Å². The summed E-state index contributed by atoms with van der Waals surface area (Å²) >= 11 is 0. The Morgan fingerprint density at radius 1 is 1.28 bits per heavy atom. The van der Waals surface area contributed by atoms with Crippen LogP contribution in [-0.4, -0.2) is 23.3 Å². The van der Waals surface area contributed by atoms with Gasteiger partial charge in [-0.1, -0.05) is 12.7 Å². The van der Waals surface area contributed by atoms with E-state index >= 15 is 0 Å². The van der Waals surface area contributed by atoms with Gasteiger partial charge in [0.15, 0.2) is 0 Å². The van der Waals surface area contributed by atoms with E-state index < -0.39 is 18.3 Å². The Morgan fingerprint density at radius 3 is 2.33 bits per heavy atom. The largest absolute Gasteiger partial charge is 0.516 e. The van der Waals surface area contributed by atoms with Gasteiger partial charge in [0.2, 0.25) is 0 Å². The maximum absolute atomic E-state index is 6.06. The number of anilines is 1. The van der Waals surface area contributed by atoms with Gasteiger partial charge in [0.05, 0.1) is 22.5 Å². The summed E-state index contributed by atoms with van der Waals surface area (Å²) in [5, 5.41) is 0. The van der Waals surface area contributed by atoms with E-state index in [4.69, 9.17) is 15.0 Å². The van der Waals surface area contributed by atoms with Crippen LogP contribution in [0.1, 0.15) is 33.3 Å². The van der Waals surface area contributed by atoms with Crippen molar-refractivity contribution in [2.75, 3.05) is 5.73 Å². The number of hydrogen-bond donors (Lipinski definition) is 1.